The Morgan fingerprint density at radius 1 is 1.26 bits per heavy atom. The molecule has 0 radical (unpaired) electrons. The number of aromatic hydroxyl groups is 1. The summed E-state index contributed by atoms with van der Waals surface area (Å²) >= 11 is 0. The van der Waals surface area contributed by atoms with Crippen LogP contribution in [-0.2, 0) is 0 Å². The average molecular weight is 264 g/mol. The molecule has 1 aliphatic carbocycles. The quantitative estimate of drug-likeness (QED) is 0.879. The minimum atomic E-state index is -0.503. The molecular weight excluding hydrogens is 243 g/mol. The summed E-state index contributed by atoms with van der Waals surface area (Å²) in [6.07, 6.45) is 3.62. The zero-order valence-electron chi connectivity index (χ0n) is 11.1. The summed E-state index contributed by atoms with van der Waals surface area (Å²) in [7, 11) is 0. The summed E-state index contributed by atoms with van der Waals surface area (Å²) in [6, 6.07) is 5.09. The van der Waals surface area contributed by atoms with Crippen LogP contribution in [-0.4, -0.2) is 36.2 Å². The molecule has 0 aromatic heterocycles. The number of halogens is 1. The molecule has 0 amide bonds. The molecule has 1 atom stereocenters. The van der Waals surface area contributed by atoms with E-state index in [1.54, 1.807) is 6.07 Å². The molecule has 19 heavy (non-hydrogen) atoms. The van der Waals surface area contributed by atoms with Crippen LogP contribution in [0.2, 0.25) is 0 Å². The zero-order chi connectivity index (χ0) is 13.2. The lowest BCUT2D eigenvalue weighted by Gasteiger charge is -2.43. The van der Waals surface area contributed by atoms with E-state index < -0.39 is 5.82 Å². The Kier molecular flexibility index (Phi) is 3.71. The second kappa shape index (κ2) is 5.47. The highest BCUT2D eigenvalue weighted by Crippen LogP contribution is 2.44. The van der Waals surface area contributed by atoms with Crippen molar-refractivity contribution < 1.29 is 9.50 Å². The Labute approximate surface area is 113 Å². The van der Waals surface area contributed by atoms with Gasteiger partial charge in [0, 0.05) is 37.8 Å². The van der Waals surface area contributed by atoms with Crippen LogP contribution < -0.4 is 5.32 Å². The normalized spacial score (nSPS) is 23.0. The van der Waals surface area contributed by atoms with Crippen LogP contribution in [0.4, 0.5) is 4.39 Å². The van der Waals surface area contributed by atoms with Gasteiger partial charge in [-0.1, -0.05) is 18.6 Å². The van der Waals surface area contributed by atoms with Gasteiger partial charge in [-0.2, -0.15) is 0 Å². The van der Waals surface area contributed by atoms with Gasteiger partial charge >= 0.3 is 0 Å². The number of nitrogens with one attached hydrogen (secondary N) is 1. The lowest BCUT2D eigenvalue weighted by atomic mass is 9.76. The number of benzene rings is 1. The molecule has 2 N–H and O–H groups in total. The number of piperazine rings is 1. The maximum atomic E-state index is 13.6. The highest BCUT2D eigenvalue weighted by Gasteiger charge is 2.35. The van der Waals surface area contributed by atoms with Crippen molar-refractivity contribution in [2.75, 3.05) is 26.2 Å². The van der Waals surface area contributed by atoms with Gasteiger partial charge in [0.2, 0.25) is 0 Å². The van der Waals surface area contributed by atoms with Crippen molar-refractivity contribution in [1.82, 2.24) is 10.2 Å². The van der Waals surface area contributed by atoms with Crippen LogP contribution in [0.3, 0.4) is 0 Å². The first-order valence-electron chi connectivity index (χ1n) is 7.19. The van der Waals surface area contributed by atoms with Crippen LogP contribution in [0.1, 0.15) is 30.9 Å². The van der Waals surface area contributed by atoms with Crippen molar-refractivity contribution in [2.45, 2.75) is 25.3 Å². The predicted molar refractivity (Wildman–Crippen MR) is 72.6 cm³/mol. The molecule has 0 bridgehead atoms. The van der Waals surface area contributed by atoms with Gasteiger partial charge in [0.25, 0.3) is 0 Å². The van der Waals surface area contributed by atoms with E-state index in [0.717, 1.165) is 31.7 Å². The fourth-order valence-corrected chi connectivity index (χ4v) is 3.24. The van der Waals surface area contributed by atoms with Gasteiger partial charge in [-0.3, -0.25) is 4.90 Å². The number of hydrogen-bond donors (Lipinski definition) is 2. The first-order valence-corrected chi connectivity index (χ1v) is 7.19. The monoisotopic (exact) mass is 264 g/mol. The van der Waals surface area contributed by atoms with Crippen LogP contribution in [0, 0.1) is 11.7 Å². The second-order valence-electron chi connectivity index (χ2n) is 5.60. The van der Waals surface area contributed by atoms with Crippen molar-refractivity contribution in [2.24, 2.45) is 5.92 Å². The number of phenols is 1. The lowest BCUT2D eigenvalue weighted by molar-refractivity contribution is 0.0815. The molecule has 2 aliphatic rings. The summed E-state index contributed by atoms with van der Waals surface area (Å²) < 4.78 is 13.6. The molecular formula is C15H21FN2O. The van der Waals surface area contributed by atoms with E-state index in [0.29, 0.717) is 5.92 Å². The lowest BCUT2D eigenvalue weighted by Crippen LogP contribution is -2.47. The number of hydrogen-bond acceptors (Lipinski definition) is 3. The Balaban J connectivity index is 1.91. The van der Waals surface area contributed by atoms with E-state index in [2.05, 4.69) is 10.2 Å². The molecule has 3 rings (SSSR count). The van der Waals surface area contributed by atoms with Crippen molar-refractivity contribution >= 4 is 0 Å². The van der Waals surface area contributed by atoms with Gasteiger partial charge in [0.15, 0.2) is 11.6 Å². The van der Waals surface area contributed by atoms with E-state index in [4.69, 9.17) is 0 Å². The third-order valence-electron chi connectivity index (χ3n) is 4.48. The first-order chi connectivity index (χ1) is 9.27. The van der Waals surface area contributed by atoms with E-state index in [9.17, 15) is 9.50 Å². The van der Waals surface area contributed by atoms with Gasteiger partial charge in [-0.05, 0) is 24.8 Å². The van der Waals surface area contributed by atoms with Gasteiger partial charge in [0.05, 0.1) is 0 Å². The molecule has 1 aliphatic heterocycles. The summed E-state index contributed by atoms with van der Waals surface area (Å²) in [6.45, 7) is 3.88. The fraction of sp³-hybridized carbons (Fsp3) is 0.600. The Morgan fingerprint density at radius 2 is 2.00 bits per heavy atom. The highest BCUT2D eigenvalue weighted by molar-refractivity contribution is 5.37. The molecule has 0 spiro atoms. The smallest absolute Gasteiger partial charge is 0.165 e. The summed E-state index contributed by atoms with van der Waals surface area (Å²) in [5.74, 6) is -0.0966. The molecule has 1 saturated carbocycles. The molecule has 3 nitrogen and oxygen atoms in total. The molecule has 1 heterocycles. The van der Waals surface area contributed by atoms with Crippen LogP contribution >= 0.6 is 0 Å². The van der Waals surface area contributed by atoms with Crippen molar-refractivity contribution in [3.8, 4) is 5.75 Å². The molecule has 2 fully saturated rings. The largest absolute Gasteiger partial charge is 0.505 e. The Bertz CT molecular complexity index is 442. The van der Waals surface area contributed by atoms with Crippen molar-refractivity contribution in [3.63, 3.8) is 0 Å². The fourth-order valence-electron chi connectivity index (χ4n) is 3.24. The summed E-state index contributed by atoms with van der Waals surface area (Å²) in [5.41, 5.74) is 0.770. The standard InChI is InChI=1S/C15H21FN2O/c16-13-6-2-5-12(15(13)19)14(11-3-1-4-11)18-9-7-17-8-10-18/h2,5-6,11,14,17,19H,1,3-4,7-10H2/t14-/m1/s1. The maximum absolute atomic E-state index is 13.6. The highest BCUT2D eigenvalue weighted by atomic mass is 19.1. The van der Waals surface area contributed by atoms with E-state index in [1.807, 2.05) is 6.07 Å². The van der Waals surface area contributed by atoms with Gasteiger partial charge in [-0.25, -0.2) is 4.39 Å². The third-order valence-corrected chi connectivity index (χ3v) is 4.48. The topological polar surface area (TPSA) is 35.5 Å². The van der Waals surface area contributed by atoms with Crippen LogP contribution in [0.25, 0.3) is 0 Å². The molecule has 0 unspecified atom stereocenters. The Hall–Kier alpha value is -1.13. The van der Waals surface area contributed by atoms with Gasteiger partial charge in [0.1, 0.15) is 0 Å². The van der Waals surface area contributed by atoms with Crippen molar-refractivity contribution in [1.29, 1.82) is 0 Å². The molecule has 104 valence electrons. The number of para-hydroxylation sites is 1. The van der Waals surface area contributed by atoms with Crippen LogP contribution in [0.5, 0.6) is 5.75 Å². The summed E-state index contributed by atoms with van der Waals surface area (Å²) in [4.78, 5) is 2.40. The molecule has 1 aromatic carbocycles. The number of phenolic OH excluding ortho intramolecular Hbond substituents is 1. The molecule has 4 heteroatoms. The predicted octanol–water partition coefficient (Wildman–Crippen LogP) is 2.28. The molecule has 1 aromatic rings. The van der Waals surface area contributed by atoms with E-state index in [1.165, 1.54) is 25.3 Å². The summed E-state index contributed by atoms with van der Waals surface area (Å²) in [5, 5.41) is 13.4. The van der Waals surface area contributed by atoms with Crippen molar-refractivity contribution in [3.05, 3.63) is 29.6 Å². The van der Waals surface area contributed by atoms with E-state index >= 15 is 0 Å². The third kappa shape index (κ3) is 2.47. The zero-order valence-corrected chi connectivity index (χ0v) is 11.1. The minimum absolute atomic E-state index is 0.155. The number of rotatable bonds is 3. The second-order valence-corrected chi connectivity index (χ2v) is 5.60. The van der Waals surface area contributed by atoms with Gasteiger partial charge < -0.3 is 10.4 Å². The van der Waals surface area contributed by atoms with Gasteiger partial charge in [-0.15, -0.1) is 0 Å². The minimum Gasteiger partial charge on any atom is -0.505 e. The first kappa shape index (κ1) is 12.9. The number of nitrogens with zero attached hydrogens (tertiary/aromatic N) is 1. The van der Waals surface area contributed by atoms with E-state index in [-0.39, 0.29) is 11.8 Å². The Morgan fingerprint density at radius 3 is 2.63 bits per heavy atom. The average Bonchev–Trinajstić information content (AvgIpc) is 2.38. The maximum Gasteiger partial charge on any atom is 0.165 e. The van der Waals surface area contributed by atoms with Crippen LogP contribution in [0.15, 0.2) is 18.2 Å². The SMILES string of the molecule is Oc1c(F)cccc1[C@@H](C1CCC1)N1CCNCC1. The molecule has 1 saturated heterocycles.